The van der Waals surface area contributed by atoms with Gasteiger partial charge < -0.3 is 5.32 Å². The maximum Gasteiger partial charge on any atom is -0.00151 e. The van der Waals surface area contributed by atoms with Crippen molar-refractivity contribution in [1.82, 2.24) is 5.32 Å². The quantitative estimate of drug-likeness (QED) is 0.751. The first kappa shape index (κ1) is 14.4. The Hall–Kier alpha value is -0.0400. The molecule has 2 aliphatic rings. The van der Waals surface area contributed by atoms with Crippen molar-refractivity contribution in [3.63, 3.8) is 0 Å². The Kier molecular flexibility index (Phi) is 6.01. The van der Waals surface area contributed by atoms with Crippen LogP contribution < -0.4 is 5.32 Å². The second-order valence-electron chi connectivity index (χ2n) is 6.75. The van der Waals surface area contributed by atoms with Crippen molar-refractivity contribution >= 4 is 0 Å². The normalized spacial score (nSPS) is 29.5. The van der Waals surface area contributed by atoms with E-state index in [0.29, 0.717) is 0 Å². The van der Waals surface area contributed by atoms with Gasteiger partial charge in [-0.2, -0.15) is 0 Å². The van der Waals surface area contributed by atoms with Crippen molar-refractivity contribution in [3.8, 4) is 0 Å². The highest BCUT2D eigenvalue weighted by Crippen LogP contribution is 2.59. The summed E-state index contributed by atoms with van der Waals surface area (Å²) in [6, 6.07) is 0. The van der Waals surface area contributed by atoms with Crippen molar-refractivity contribution in [1.29, 1.82) is 0 Å². The van der Waals surface area contributed by atoms with Crippen molar-refractivity contribution in [2.24, 2.45) is 11.3 Å². The highest BCUT2D eigenvalue weighted by Gasteiger charge is 2.51. The van der Waals surface area contributed by atoms with Crippen molar-refractivity contribution in [2.75, 3.05) is 13.1 Å². The van der Waals surface area contributed by atoms with Crippen LogP contribution in [0.2, 0.25) is 0 Å². The van der Waals surface area contributed by atoms with Gasteiger partial charge in [-0.25, -0.2) is 0 Å². The van der Waals surface area contributed by atoms with Gasteiger partial charge >= 0.3 is 0 Å². The molecule has 106 valence electrons. The van der Waals surface area contributed by atoms with E-state index < -0.39 is 0 Å². The Bertz CT molecular complexity index is 212. The average Bonchev–Trinajstić information content (AvgIpc) is 3.05. The van der Waals surface area contributed by atoms with Gasteiger partial charge in [0.2, 0.25) is 0 Å². The molecule has 0 heterocycles. The molecule has 1 heteroatoms. The number of hydrogen-bond donors (Lipinski definition) is 1. The van der Waals surface area contributed by atoms with Crippen LogP contribution in [0.15, 0.2) is 0 Å². The molecule has 0 aliphatic heterocycles. The van der Waals surface area contributed by atoms with Crippen LogP contribution in [-0.4, -0.2) is 13.1 Å². The predicted molar refractivity (Wildman–Crippen MR) is 79.9 cm³/mol. The Morgan fingerprint density at radius 2 is 1.33 bits per heavy atom. The van der Waals surface area contributed by atoms with Crippen LogP contribution in [0.25, 0.3) is 0 Å². The molecule has 1 spiro atoms. The Morgan fingerprint density at radius 1 is 0.833 bits per heavy atom. The largest absolute Gasteiger partial charge is 0.317 e. The maximum atomic E-state index is 3.57. The van der Waals surface area contributed by atoms with Gasteiger partial charge in [-0.1, -0.05) is 64.7 Å². The smallest absolute Gasteiger partial charge is 0.00151 e. The van der Waals surface area contributed by atoms with Crippen LogP contribution >= 0.6 is 0 Å². The fourth-order valence-corrected chi connectivity index (χ4v) is 3.97. The third-order valence-corrected chi connectivity index (χ3v) is 5.35. The molecule has 18 heavy (non-hydrogen) atoms. The van der Waals surface area contributed by atoms with E-state index in [4.69, 9.17) is 0 Å². The summed E-state index contributed by atoms with van der Waals surface area (Å²) in [7, 11) is 0. The second-order valence-corrected chi connectivity index (χ2v) is 6.75. The van der Waals surface area contributed by atoms with Crippen molar-refractivity contribution in [2.45, 2.75) is 84.0 Å². The first-order chi connectivity index (χ1) is 8.87. The minimum Gasteiger partial charge on any atom is -0.317 e. The van der Waals surface area contributed by atoms with E-state index in [1.54, 1.807) is 0 Å². The van der Waals surface area contributed by atoms with Crippen LogP contribution in [0.4, 0.5) is 0 Å². The van der Waals surface area contributed by atoms with Crippen LogP contribution in [0.5, 0.6) is 0 Å². The molecule has 2 aliphatic carbocycles. The SMILES string of the molecule is CCNCC1CC12CCCCCCCCCCC2. The van der Waals surface area contributed by atoms with E-state index in [1.807, 2.05) is 0 Å². The standard InChI is InChI=1S/C17H33N/c1-2-18-15-16-14-17(16)12-10-8-6-4-3-5-7-9-11-13-17/h16,18H,2-15H2,1H3. The van der Waals surface area contributed by atoms with Crippen LogP contribution in [0, 0.1) is 11.3 Å². The van der Waals surface area contributed by atoms with Gasteiger partial charge in [-0.15, -0.1) is 0 Å². The molecule has 1 unspecified atom stereocenters. The minimum atomic E-state index is 0.779. The highest BCUT2D eigenvalue weighted by atomic mass is 14.9. The minimum absolute atomic E-state index is 0.779. The third-order valence-electron chi connectivity index (χ3n) is 5.35. The van der Waals surface area contributed by atoms with Crippen LogP contribution in [-0.2, 0) is 0 Å². The molecule has 1 atom stereocenters. The Balaban J connectivity index is 1.76. The summed E-state index contributed by atoms with van der Waals surface area (Å²) in [5.41, 5.74) is 0.779. The number of rotatable bonds is 3. The molecule has 0 aromatic rings. The summed E-state index contributed by atoms with van der Waals surface area (Å²) < 4.78 is 0. The number of nitrogens with one attached hydrogen (secondary N) is 1. The summed E-state index contributed by atoms with van der Waals surface area (Å²) in [5, 5.41) is 3.57. The lowest BCUT2D eigenvalue weighted by molar-refractivity contribution is 0.340. The molecule has 2 saturated carbocycles. The summed E-state index contributed by atoms with van der Waals surface area (Å²) in [6.45, 7) is 4.67. The molecular weight excluding hydrogens is 218 g/mol. The molecule has 2 fully saturated rings. The molecule has 2 rings (SSSR count). The Labute approximate surface area is 114 Å². The fraction of sp³-hybridized carbons (Fsp3) is 1.00. The lowest BCUT2D eigenvalue weighted by Gasteiger charge is -2.18. The fourth-order valence-electron chi connectivity index (χ4n) is 3.97. The average molecular weight is 251 g/mol. The molecule has 0 aromatic carbocycles. The van der Waals surface area contributed by atoms with E-state index in [9.17, 15) is 0 Å². The summed E-state index contributed by atoms with van der Waals surface area (Å²) in [6.07, 6.45) is 18.1. The van der Waals surface area contributed by atoms with Gasteiger partial charge in [0.15, 0.2) is 0 Å². The molecule has 0 bridgehead atoms. The van der Waals surface area contributed by atoms with E-state index >= 15 is 0 Å². The zero-order valence-corrected chi connectivity index (χ0v) is 12.5. The molecule has 0 saturated heterocycles. The van der Waals surface area contributed by atoms with Gasteiger partial charge in [0, 0.05) is 0 Å². The van der Waals surface area contributed by atoms with E-state index in [1.165, 1.54) is 83.6 Å². The molecule has 0 aromatic heterocycles. The van der Waals surface area contributed by atoms with E-state index in [2.05, 4.69) is 12.2 Å². The van der Waals surface area contributed by atoms with Gasteiger partial charge in [0.25, 0.3) is 0 Å². The van der Waals surface area contributed by atoms with Gasteiger partial charge in [0.05, 0.1) is 0 Å². The molecule has 1 N–H and O–H groups in total. The lowest BCUT2D eigenvalue weighted by Crippen LogP contribution is -2.19. The van der Waals surface area contributed by atoms with Crippen molar-refractivity contribution < 1.29 is 0 Å². The monoisotopic (exact) mass is 251 g/mol. The van der Waals surface area contributed by atoms with Gasteiger partial charge in [-0.05, 0) is 43.7 Å². The van der Waals surface area contributed by atoms with Crippen LogP contribution in [0.3, 0.4) is 0 Å². The molecular formula is C17H33N. The van der Waals surface area contributed by atoms with Crippen LogP contribution in [0.1, 0.15) is 84.0 Å². The lowest BCUT2D eigenvalue weighted by atomic mass is 9.88. The molecule has 1 nitrogen and oxygen atoms in total. The first-order valence-electron chi connectivity index (χ1n) is 8.58. The second kappa shape index (κ2) is 7.53. The topological polar surface area (TPSA) is 12.0 Å². The van der Waals surface area contributed by atoms with Crippen molar-refractivity contribution in [3.05, 3.63) is 0 Å². The summed E-state index contributed by atoms with van der Waals surface area (Å²) >= 11 is 0. The summed E-state index contributed by atoms with van der Waals surface area (Å²) in [4.78, 5) is 0. The Morgan fingerprint density at radius 3 is 1.83 bits per heavy atom. The molecule has 0 radical (unpaired) electrons. The first-order valence-corrected chi connectivity index (χ1v) is 8.58. The third kappa shape index (κ3) is 4.26. The zero-order valence-electron chi connectivity index (χ0n) is 12.5. The zero-order chi connectivity index (χ0) is 12.7. The van der Waals surface area contributed by atoms with Gasteiger partial charge in [-0.3, -0.25) is 0 Å². The maximum absolute atomic E-state index is 3.57. The predicted octanol–water partition coefficient (Wildman–Crippen LogP) is 4.91. The van der Waals surface area contributed by atoms with E-state index in [0.717, 1.165) is 17.9 Å². The molecule has 0 amide bonds. The highest BCUT2D eigenvalue weighted by molar-refractivity contribution is 5.02. The van der Waals surface area contributed by atoms with Gasteiger partial charge in [0.1, 0.15) is 0 Å². The summed E-state index contributed by atoms with van der Waals surface area (Å²) in [5.74, 6) is 1.01. The van der Waals surface area contributed by atoms with E-state index in [-0.39, 0.29) is 0 Å². The number of hydrogen-bond acceptors (Lipinski definition) is 1.